The van der Waals surface area contributed by atoms with Crippen LogP contribution in [0.15, 0.2) is 24.3 Å². The number of nitro benzene ring substituents is 1. The van der Waals surface area contributed by atoms with Crippen LogP contribution in [0.2, 0.25) is 0 Å². The van der Waals surface area contributed by atoms with E-state index in [1.54, 1.807) is 23.9 Å². The number of benzene rings is 1. The van der Waals surface area contributed by atoms with Crippen molar-refractivity contribution in [1.29, 1.82) is 0 Å². The molecule has 0 heterocycles. The SMILES string of the molecule is O=C(O)CCSCCc1ccc([N+](=O)[O-])cc1. The Kier molecular flexibility index (Phi) is 5.48. The van der Waals surface area contributed by atoms with E-state index in [2.05, 4.69) is 0 Å². The molecule has 0 unspecified atom stereocenters. The van der Waals surface area contributed by atoms with Crippen molar-refractivity contribution in [2.45, 2.75) is 12.8 Å². The molecule has 0 aliphatic rings. The molecule has 0 radical (unpaired) electrons. The molecule has 0 aromatic heterocycles. The van der Waals surface area contributed by atoms with Crippen molar-refractivity contribution < 1.29 is 14.8 Å². The summed E-state index contributed by atoms with van der Waals surface area (Å²) in [6, 6.07) is 6.43. The molecular formula is C11H13NO4S. The van der Waals surface area contributed by atoms with Gasteiger partial charge in [-0.15, -0.1) is 0 Å². The lowest BCUT2D eigenvalue weighted by Crippen LogP contribution is -1.97. The van der Waals surface area contributed by atoms with E-state index < -0.39 is 10.9 Å². The summed E-state index contributed by atoms with van der Waals surface area (Å²) >= 11 is 1.57. The maximum absolute atomic E-state index is 10.4. The molecular weight excluding hydrogens is 242 g/mol. The summed E-state index contributed by atoms with van der Waals surface area (Å²) in [6.45, 7) is 0. The first-order valence-corrected chi connectivity index (χ1v) is 6.28. The van der Waals surface area contributed by atoms with Crippen molar-refractivity contribution in [2.24, 2.45) is 0 Å². The second-order valence-corrected chi connectivity index (χ2v) is 4.65. The molecule has 0 bridgehead atoms. The van der Waals surface area contributed by atoms with Crippen LogP contribution in [-0.2, 0) is 11.2 Å². The minimum atomic E-state index is -0.784. The standard InChI is InChI=1S/C11H13NO4S/c13-11(14)6-8-17-7-5-9-1-3-10(4-2-9)12(15)16/h1-4H,5-8H2,(H,13,14). The third kappa shape index (κ3) is 5.35. The van der Waals surface area contributed by atoms with E-state index in [9.17, 15) is 14.9 Å². The minimum absolute atomic E-state index is 0.0901. The second-order valence-electron chi connectivity index (χ2n) is 3.43. The Bertz CT molecular complexity index is 391. The van der Waals surface area contributed by atoms with Gasteiger partial charge in [0.15, 0.2) is 0 Å². The van der Waals surface area contributed by atoms with E-state index in [-0.39, 0.29) is 12.1 Å². The fourth-order valence-corrected chi connectivity index (χ4v) is 2.14. The number of hydrogen-bond donors (Lipinski definition) is 1. The predicted octanol–water partition coefficient (Wildman–Crippen LogP) is 2.35. The predicted molar refractivity (Wildman–Crippen MR) is 66.4 cm³/mol. The fourth-order valence-electron chi connectivity index (χ4n) is 1.24. The smallest absolute Gasteiger partial charge is 0.304 e. The Balaban J connectivity index is 2.27. The Hall–Kier alpha value is -1.56. The number of carboxylic acid groups (broad SMARTS) is 1. The molecule has 0 atom stereocenters. The van der Waals surface area contributed by atoms with Crippen LogP contribution < -0.4 is 0 Å². The van der Waals surface area contributed by atoms with Crippen LogP contribution in [0.3, 0.4) is 0 Å². The summed E-state index contributed by atoms with van der Waals surface area (Å²) in [5.41, 5.74) is 1.12. The monoisotopic (exact) mass is 255 g/mol. The van der Waals surface area contributed by atoms with E-state index in [4.69, 9.17) is 5.11 Å². The van der Waals surface area contributed by atoms with Crippen molar-refractivity contribution in [2.75, 3.05) is 11.5 Å². The number of non-ortho nitro benzene ring substituents is 1. The highest BCUT2D eigenvalue weighted by Crippen LogP contribution is 2.14. The van der Waals surface area contributed by atoms with Crippen molar-refractivity contribution >= 4 is 23.4 Å². The van der Waals surface area contributed by atoms with Crippen LogP contribution in [0.25, 0.3) is 0 Å². The van der Waals surface area contributed by atoms with Crippen LogP contribution in [0.5, 0.6) is 0 Å². The quantitative estimate of drug-likeness (QED) is 0.459. The molecule has 1 aromatic carbocycles. The average molecular weight is 255 g/mol. The fraction of sp³-hybridized carbons (Fsp3) is 0.364. The highest BCUT2D eigenvalue weighted by Gasteiger charge is 2.03. The number of thioether (sulfide) groups is 1. The van der Waals surface area contributed by atoms with E-state index in [0.29, 0.717) is 5.75 Å². The first kappa shape index (κ1) is 13.5. The van der Waals surface area contributed by atoms with Crippen LogP contribution >= 0.6 is 11.8 Å². The molecule has 17 heavy (non-hydrogen) atoms. The summed E-state index contributed by atoms with van der Waals surface area (Å²) in [5, 5.41) is 18.9. The van der Waals surface area contributed by atoms with E-state index in [0.717, 1.165) is 17.7 Å². The average Bonchev–Trinajstić information content (AvgIpc) is 2.29. The first-order chi connectivity index (χ1) is 8.09. The van der Waals surface area contributed by atoms with Gasteiger partial charge < -0.3 is 5.11 Å². The van der Waals surface area contributed by atoms with Crippen molar-refractivity contribution in [3.8, 4) is 0 Å². The largest absolute Gasteiger partial charge is 0.481 e. The molecule has 0 aliphatic heterocycles. The molecule has 0 aliphatic carbocycles. The van der Waals surface area contributed by atoms with Crippen LogP contribution in [0, 0.1) is 10.1 Å². The van der Waals surface area contributed by atoms with E-state index >= 15 is 0 Å². The molecule has 0 saturated carbocycles. The second kappa shape index (κ2) is 6.90. The van der Waals surface area contributed by atoms with Gasteiger partial charge in [-0.05, 0) is 17.7 Å². The molecule has 0 saturated heterocycles. The zero-order chi connectivity index (χ0) is 12.7. The molecule has 0 amide bonds. The maximum Gasteiger partial charge on any atom is 0.304 e. The number of nitrogens with zero attached hydrogens (tertiary/aromatic N) is 1. The molecule has 1 N–H and O–H groups in total. The number of carboxylic acids is 1. The summed E-state index contributed by atoms with van der Waals surface area (Å²) in [4.78, 5) is 20.3. The zero-order valence-electron chi connectivity index (χ0n) is 9.17. The highest BCUT2D eigenvalue weighted by atomic mass is 32.2. The van der Waals surface area contributed by atoms with Gasteiger partial charge in [0, 0.05) is 17.9 Å². The number of nitro groups is 1. The van der Waals surface area contributed by atoms with Gasteiger partial charge in [-0.3, -0.25) is 14.9 Å². The first-order valence-electron chi connectivity index (χ1n) is 5.12. The molecule has 1 rings (SSSR count). The van der Waals surface area contributed by atoms with Gasteiger partial charge in [0.1, 0.15) is 0 Å². The van der Waals surface area contributed by atoms with Crippen LogP contribution in [-0.4, -0.2) is 27.5 Å². The third-order valence-electron chi connectivity index (χ3n) is 2.14. The van der Waals surface area contributed by atoms with Crippen LogP contribution in [0.4, 0.5) is 5.69 Å². The Morgan fingerprint density at radius 2 is 1.94 bits per heavy atom. The molecule has 92 valence electrons. The lowest BCUT2D eigenvalue weighted by Gasteiger charge is -2.00. The topological polar surface area (TPSA) is 80.4 Å². The lowest BCUT2D eigenvalue weighted by molar-refractivity contribution is -0.384. The number of carbonyl (C=O) groups is 1. The summed E-state index contributed by atoms with van der Waals surface area (Å²) in [7, 11) is 0. The zero-order valence-corrected chi connectivity index (χ0v) is 9.98. The van der Waals surface area contributed by atoms with Crippen molar-refractivity contribution in [3.05, 3.63) is 39.9 Å². The summed E-state index contributed by atoms with van der Waals surface area (Å²) < 4.78 is 0. The van der Waals surface area contributed by atoms with E-state index in [1.807, 2.05) is 0 Å². The van der Waals surface area contributed by atoms with Gasteiger partial charge in [0.05, 0.1) is 11.3 Å². The summed E-state index contributed by atoms with van der Waals surface area (Å²) in [5.74, 6) is 0.640. The lowest BCUT2D eigenvalue weighted by atomic mass is 10.1. The van der Waals surface area contributed by atoms with Crippen molar-refractivity contribution in [1.82, 2.24) is 0 Å². The minimum Gasteiger partial charge on any atom is -0.481 e. The number of rotatable bonds is 7. The van der Waals surface area contributed by atoms with Gasteiger partial charge in [0.2, 0.25) is 0 Å². The van der Waals surface area contributed by atoms with Gasteiger partial charge in [-0.2, -0.15) is 11.8 Å². The molecule has 0 spiro atoms. The number of hydrogen-bond acceptors (Lipinski definition) is 4. The van der Waals surface area contributed by atoms with Gasteiger partial charge in [-0.25, -0.2) is 0 Å². The van der Waals surface area contributed by atoms with Crippen LogP contribution in [0.1, 0.15) is 12.0 Å². The number of aliphatic carboxylic acids is 1. The molecule has 5 nitrogen and oxygen atoms in total. The Morgan fingerprint density at radius 3 is 2.47 bits per heavy atom. The molecule has 0 fully saturated rings. The molecule has 6 heteroatoms. The summed E-state index contributed by atoms with van der Waals surface area (Å²) in [6.07, 6.45) is 0.965. The number of aryl methyl sites for hydroxylation is 1. The normalized spacial score (nSPS) is 10.1. The highest BCUT2D eigenvalue weighted by molar-refractivity contribution is 7.99. The maximum atomic E-state index is 10.4. The van der Waals surface area contributed by atoms with Gasteiger partial charge in [0.25, 0.3) is 5.69 Å². The Morgan fingerprint density at radius 1 is 1.29 bits per heavy atom. The third-order valence-corrected chi connectivity index (χ3v) is 3.13. The van der Waals surface area contributed by atoms with Gasteiger partial charge in [-0.1, -0.05) is 12.1 Å². The van der Waals surface area contributed by atoms with Gasteiger partial charge >= 0.3 is 5.97 Å². The molecule has 1 aromatic rings. The van der Waals surface area contributed by atoms with E-state index in [1.165, 1.54) is 12.1 Å². The Labute approximate surface area is 103 Å². The van der Waals surface area contributed by atoms with Crippen molar-refractivity contribution in [3.63, 3.8) is 0 Å².